The zero-order valence-electron chi connectivity index (χ0n) is 14.6. The molecule has 7 nitrogen and oxygen atoms in total. The molecular formula is C19H21ClN4O3. The zero-order chi connectivity index (χ0) is 19.2. The zero-order valence-corrected chi connectivity index (χ0v) is 15.4. The average molecular weight is 389 g/mol. The Balaban J connectivity index is 1.63. The first-order valence-corrected chi connectivity index (χ1v) is 8.97. The van der Waals surface area contributed by atoms with Crippen molar-refractivity contribution in [2.24, 2.45) is 5.73 Å². The van der Waals surface area contributed by atoms with Crippen molar-refractivity contribution in [3.05, 3.63) is 58.6 Å². The first-order valence-electron chi connectivity index (χ1n) is 8.59. The van der Waals surface area contributed by atoms with Gasteiger partial charge in [-0.15, -0.1) is 0 Å². The number of fused-ring (bicyclic) bond motifs is 1. The van der Waals surface area contributed by atoms with Crippen molar-refractivity contribution in [3.63, 3.8) is 0 Å². The van der Waals surface area contributed by atoms with Crippen LogP contribution in [0.25, 0.3) is 0 Å². The number of hydrogen-bond acceptors (Lipinski definition) is 4. The van der Waals surface area contributed by atoms with E-state index in [0.29, 0.717) is 23.9 Å². The molecule has 1 aliphatic rings. The summed E-state index contributed by atoms with van der Waals surface area (Å²) in [4.78, 5) is 24.0. The van der Waals surface area contributed by atoms with Crippen LogP contribution in [0.3, 0.4) is 0 Å². The van der Waals surface area contributed by atoms with E-state index in [0.717, 1.165) is 23.4 Å². The maximum Gasteiger partial charge on any atom is 0.319 e. The number of nitrogens with two attached hydrogens (primary N) is 1. The number of rotatable bonds is 5. The molecule has 2 aromatic rings. The van der Waals surface area contributed by atoms with Gasteiger partial charge in [0, 0.05) is 35.8 Å². The Hall–Kier alpha value is -2.77. The minimum absolute atomic E-state index is 0.280. The van der Waals surface area contributed by atoms with E-state index in [1.165, 1.54) is 0 Å². The second-order valence-corrected chi connectivity index (χ2v) is 6.67. The number of amides is 3. The van der Waals surface area contributed by atoms with Gasteiger partial charge in [0.2, 0.25) is 5.91 Å². The Morgan fingerprint density at radius 3 is 2.74 bits per heavy atom. The van der Waals surface area contributed by atoms with E-state index >= 15 is 0 Å². The van der Waals surface area contributed by atoms with Gasteiger partial charge in [-0.2, -0.15) is 0 Å². The first kappa shape index (κ1) is 19.0. The fourth-order valence-electron chi connectivity index (χ4n) is 2.80. The van der Waals surface area contributed by atoms with Crippen LogP contribution in [0.2, 0.25) is 5.02 Å². The molecule has 1 unspecified atom stereocenters. The minimum Gasteiger partial charge on any atom is -0.492 e. The number of nitrogens with one attached hydrogen (secondary N) is 3. The SMILES string of the molecule is NC(=O)C(Cc1ccc(Cl)cc1)NC(=O)Nc1ccc2c(c1)CNCCO2. The molecule has 0 aliphatic carbocycles. The van der Waals surface area contributed by atoms with Gasteiger partial charge in [0.1, 0.15) is 18.4 Å². The second kappa shape index (κ2) is 8.75. The van der Waals surface area contributed by atoms with Gasteiger partial charge in [0.05, 0.1) is 0 Å². The highest BCUT2D eigenvalue weighted by atomic mass is 35.5. The Kier molecular flexibility index (Phi) is 6.16. The second-order valence-electron chi connectivity index (χ2n) is 6.23. The van der Waals surface area contributed by atoms with Crippen molar-refractivity contribution >= 4 is 29.2 Å². The smallest absolute Gasteiger partial charge is 0.319 e. The lowest BCUT2D eigenvalue weighted by Gasteiger charge is -2.17. The highest BCUT2D eigenvalue weighted by Gasteiger charge is 2.19. The number of carbonyl (C=O) groups is 2. The number of hydrogen-bond donors (Lipinski definition) is 4. The van der Waals surface area contributed by atoms with E-state index in [4.69, 9.17) is 22.1 Å². The summed E-state index contributed by atoms with van der Waals surface area (Å²) in [6.07, 6.45) is 0.280. The molecule has 142 valence electrons. The largest absolute Gasteiger partial charge is 0.492 e. The molecular weight excluding hydrogens is 368 g/mol. The van der Waals surface area contributed by atoms with E-state index < -0.39 is 18.0 Å². The third-order valence-corrected chi connectivity index (χ3v) is 4.42. The summed E-state index contributed by atoms with van der Waals surface area (Å²) in [5, 5.41) is 9.18. The van der Waals surface area contributed by atoms with Gasteiger partial charge in [-0.05, 0) is 35.9 Å². The number of halogens is 1. The molecule has 0 spiro atoms. The molecule has 0 aromatic heterocycles. The topological polar surface area (TPSA) is 105 Å². The van der Waals surface area contributed by atoms with Crippen molar-refractivity contribution in [2.45, 2.75) is 19.0 Å². The van der Waals surface area contributed by atoms with Gasteiger partial charge in [-0.3, -0.25) is 4.79 Å². The Morgan fingerprint density at radius 1 is 1.22 bits per heavy atom. The van der Waals surface area contributed by atoms with Gasteiger partial charge in [-0.25, -0.2) is 4.79 Å². The van der Waals surface area contributed by atoms with Crippen molar-refractivity contribution in [1.29, 1.82) is 0 Å². The van der Waals surface area contributed by atoms with Gasteiger partial charge in [-0.1, -0.05) is 23.7 Å². The van der Waals surface area contributed by atoms with Crippen LogP contribution in [0, 0.1) is 0 Å². The third-order valence-electron chi connectivity index (χ3n) is 4.17. The number of primary amides is 1. The molecule has 0 radical (unpaired) electrons. The van der Waals surface area contributed by atoms with Gasteiger partial charge < -0.3 is 26.4 Å². The number of anilines is 1. The highest BCUT2D eigenvalue weighted by Crippen LogP contribution is 2.24. The van der Waals surface area contributed by atoms with Crippen molar-refractivity contribution < 1.29 is 14.3 Å². The molecule has 1 atom stereocenters. The summed E-state index contributed by atoms with van der Waals surface area (Å²) in [7, 11) is 0. The molecule has 0 bridgehead atoms. The standard InChI is InChI=1S/C19H21ClN4O3/c20-14-3-1-12(2-4-14)9-16(18(21)25)24-19(26)23-15-5-6-17-13(10-15)11-22-7-8-27-17/h1-6,10,16,22H,7-9,11H2,(H2,21,25)(H2,23,24,26). The molecule has 8 heteroatoms. The molecule has 1 aliphatic heterocycles. The van der Waals surface area contributed by atoms with Crippen LogP contribution in [-0.2, 0) is 17.8 Å². The monoisotopic (exact) mass is 388 g/mol. The van der Waals surface area contributed by atoms with E-state index in [1.807, 2.05) is 12.1 Å². The Labute approximate surface area is 162 Å². The van der Waals surface area contributed by atoms with Gasteiger partial charge in [0.15, 0.2) is 0 Å². The summed E-state index contributed by atoms with van der Waals surface area (Å²) in [5.41, 5.74) is 7.84. The molecule has 0 saturated carbocycles. The first-order chi connectivity index (χ1) is 13.0. The van der Waals surface area contributed by atoms with Crippen LogP contribution >= 0.6 is 11.6 Å². The van der Waals surface area contributed by atoms with Crippen LogP contribution < -0.4 is 26.4 Å². The molecule has 3 rings (SSSR count). The van der Waals surface area contributed by atoms with Crippen molar-refractivity contribution in [1.82, 2.24) is 10.6 Å². The van der Waals surface area contributed by atoms with E-state index in [2.05, 4.69) is 16.0 Å². The third kappa shape index (κ3) is 5.35. The number of ether oxygens (including phenoxy) is 1. The highest BCUT2D eigenvalue weighted by molar-refractivity contribution is 6.30. The molecule has 27 heavy (non-hydrogen) atoms. The predicted octanol–water partition coefficient (Wildman–Crippen LogP) is 2.04. The molecule has 5 N–H and O–H groups in total. The number of carbonyl (C=O) groups excluding carboxylic acids is 2. The summed E-state index contributed by atoms with van der Waals surface area (Å²) in [6.45, 7) is 2.03. The maximum atomic E-state index is 12.3. The quantitative estimate of drug-likeness (QED) is 0.629. The van der Waals surface area contributed by atoms with Gasteiger partial charge in [0.25, 0.3) is 0 Å². The Morgan fingerprint density at radius 2 is 2.00 bits per heavy atom. The molecule has 2 aromatic carbocycles. The summed E-state index contributed by atoms with van der Waals surface area (Å²) < 4.78 is 5.62. The number of urea groups is 1. The summed E-state index contributed by atoms with van der Waals surface area (Å²) in [6, 6.07) is 11.1. The van der Waals surface area contributed by atoms with E-state index in [-0.39, 0.29) is 6.42 Å². The van der Waals surface area contributed by atoms with Crippen LogP contribution in [-0.4, -0.2) is 31.1 Å². The normalized spacial score (nSPS) is 14.3. The van der Waals surface area contributed by atoms with Crippen LogP contribution in [0.15, 0.2) is 42.5 Å². The lowest BCUT2D eigenvalue weighted by atomic mass is 10.1. The van der Waals surface area contributed by atoms with Crippen molar-refractivity contribution in [3.8, 4) is 5.75 Å². The van der Waals surface area contributed by atoms with Crippen molar-refractivity contribution in [2.75, 3.05) is 18.5 Å². The lowest BCUT2D eigenvalue weighted by Crippen LogP contribution is -2.47. The number of benzene rings is 2. The Bertz CT molecular complexity index is 826. The minimum atomic E-state index is -0.836. The molecule has 0 fully saturated rings. The van der Waals surface area contributed by atoms with Crippen LogP contribution in [0.4, 0.5) is 10.5 Å². The summed E-state index contributed by atoms with van der Waals surface area (Å²) >= 11 is 5.86. The predicted molar refractivity (Wildman–Crippen MR) is 104 cm³/mol. The fraction of sp³-hybridized carbons (Fsp3) is 0.263. The van der Waals surface area contributed by atoms with E-state index in [9.17, 15) is 9.59 Å². The fourth-order valence-corrected chi connectivity index (χ4v) is 2.92. The van der Waals surface area contributed by atoms with Crippen LogP contribution in [0.5, 0.6) is 5.75 Å². The molecule has 3 amide bonds. The van der Waals surface area contributed by atoms with Gasteiger partial charge >= 0.3 is 6.03 Å². The average Bonchev–Trinajstić information content (AvgIpc) is 2.87. The lowest BCUT2D eigenvalue weighted by molar-refractivity contribution is -0.119. The maximum absolute atomic E-state index is 12.3. The molecule has 1 heterocycles. The molecule has 0 saturated heterocycles. The van der Waals surface area contributed by atoms with Crippen LogP contribution in [0.1, 0.15) is 11.1 Å². The van der Waals surface area contributed by atoms with E-state index in [1.54, 1.807) is 30.3 Å². The summed E-state index contributed by atoms with van der Waals surface area (Å²) in [5.74, 6) is 0.184.